The summed E-state index contributed by atoms with van der Waals surface area (Å²) in [6.07, 6.45) is 9.46. The first-order chi connectivity index (χ1) is 17.2. The zero-order valence-corrected chi connectivity index (χ0v) is 22.0. The molecule has 9 nitrogen and oxygen atoms in total. The fourth-order valence-electron chi connectivity index (χ4n) is 5.09. The Morgan fingerprint density at radius 2 is 1.89 bits per heavy atom. The second kappa shape index (κ2) is 11.2. The van der Waals surface area contributed by atoms with Gasteiger partial charge in [-0.05, 0) is 37.5 Å². The minimum absolute atomic E-state index is 0.0378. The van der Waals surface area contributed by atoms with Crippen molar-refractivity contribution in [2.45, 2.75) is 63.0 Å². The van der Waals surface area contributed by atoms with E-state index in [1.807, 2.05) is 6.92 Å². The summed E-state index contributed by atoms with van der Waals surface area (Å²) in [6.45, 7) is 3.84. The number of aromatic nitrogens is 2. The fraction of sp³-hybridized carbons (Fsp3) is 0.577. The highest BCUT2D eigenvalue weighted by molar-refractivity contribution is 7.89. The SMILES string of the molecule is C[C@H](CO)N1C[C@H](C)[C@@H](CN(C)C(=O)C2CCCCC2)Oc2cc(-c3cncnc3)ccc2S1(=O)=O. The number of sulfonamides is 1. The van der Waals surface area contributed by atoms with Crippen LogP contribution in [0.4, 0.5) is 0 Å². The number of aliphatic hydroxyl groups excluding tert-OH is 1. The molecule has 0 radical (unpaired) electrons. The van der Waals surface area contributed by atoms with E-state index in [1.165, 1.54) is 23.1 Å². The minimum atomic E-state index is -3.93. The van der Waals surface area contributed by atoms with Crippen molar-refractivity contribution >= 4 is 15.9 Å². The third-order valence-corrected chi connectivity index (χ3v) is 9.36. The molecule has 2 heterocycles. The normalized spacial score (nSPS) is 23.6. The molecule has 1 saturated carbocycles. The van der Waals surface area contributed by atoms with Gasteiger partial charge in [0.1, 0.15) is 23.1 Å². The topological polar surface area (TPSA) is 113 Å². The third kappa shape index (κ3) is 5.55. The standard InChI is InChI=1S/C26H36N4O5S/c1-18-14-30(19(2)16-31)36(33,34)25-10-9-21(22-12-27-17-28-13-22)11-23(25)35-24(18)15-29(3)26(32)20-7-5-4-6-8-20/h9-13,17-20,24,31H,4-8,14-16H2,1-3H3/t18-,19+,24+/m0/s1. The molecule has 1 aliphatic heterocycles. The fourth-order valence-corrected chi connectivity index (χ4v) is 6.92. The van der Waals surface area contributed by atoms with Crippen LogP contribution in [0.5, 0.6) is 5.75 Å². The van der Waals surface area contributed by atoms with Crippen molar-refractivity contribution in [3.63, 3.8) is 0 Å². The maximum absolute atomic E-state index is 13.7. The molecule has 1 amide bonds. The van der Waals surface area contributed by atoms with E-state index in [0.29, 0.717) is 6.54 Å². The predicted molar refractivity (Wildman–Crippen MR) is 136 cm³/mol. The Morgan fingerprint density at radius 3 is 2.56 bits per heavy atom. The largest absolute Gasteiger partial charge is 0.487 e. The molecule has 1 N–H and O–H groups in total. The first kappa shape index (κ1) is 26.5. The molecule has 1 aromatic heterocycles. The maximum Gasteiger partial charge on any atom is 0.247 e. The smallest absolute Gasteiger partial charge is 0.247 e. The molecule has 0 saturated heterocycles. The summed E-state index contributed by atoms with van der Waals surface area (Å²) in [5.74, 6) is 0.154. The number of carbonyl (C=O) groups excluding carboxylic acids is 1. The summed E-state index contributed by atoms with van der Waals surface area (Å²) < 4.78 is 35.1. The van der Waals surface area contributed by atoms with E-state index in [9.17, 15) is 18.3 Å². The highest BCUT2D eigenvalue weighted by Crippen LogP contribution is 2.36. The number of likely N-dealkylation sites (N-methyl/N-ethyl adjacent to an activating group) is 1. The lowest BCUT2D eigenvalue weighted by molar-refractivity contribution is -0.136. The van der Waals surface area contributed by atoms with Gasteiger partial charge in [-0.25, -0.2) is 18.4 Å². The number of fused-ring (bicyclic) bond motifs is 1. The first-order valence-electron chi connectivity index (χ1n) is 12.7. The van der Waals surface area contributed by atoms with Gasteiger partial charge in [0.15, 0.2) is 0 Å². The Labute approximate surface area is 213 Å². The summed E-state index contributed by atoms with van der Waals surface area (Å²) in [4.78, 5) is 23.1. The van der Waals surface area contributed by atoms with Crippen molar-refractivity contribution in [1.29, 1.82) is 0 Å². The van der Waals surface area contributed by atoms with Crippen molar-refractivity contribution in [3.8, 4) is 16.9 Å². The Hall–Kier alpha value is -2.56. The number of rotatable bonds is 6. The second-order valence-corrected chi connectivity index (χ2v) is 11.9. The number of amides is 1. The zero-order valence-electron chi connectivity index (χ0n) is 21.2. The van der Waals surface area contributed by atoms with Gasteiger partial charge in [-0.2, -0.15) is 4.31 Å². The van der Waals surface area contributed by atoms with Crippen LogP contribution in [0.3, 0.4) is 0 Å². The van der Waals surface area contributed by atoms with E-state index < -0.39 is 22.2 Å². The van der Waals surface area contributed by atoms with Crippen LogP contribution >= 0.6 is 0 Å². The van der Waals surface area contributed by atoms with Crippen LogP contribution in [0.2, 0.25) is 0 Å². The molecule has 3 atom stereocenters. The number of carbonyl (C=O) groups is 1. The molecule has 1 fully saturated rings. The second-order valence-electron chi connectivity index (χ2n) is 10.1. The maximum atomic E-state index is 13.7. The van der Waals surface area contributed by atoms with Gasteiger partial charge in [0.05, 0.1) is 13.2 Å². The third-order valence-electron chi connectivity index (χ3n) is 7.35. The molecule has 1 aromatic carbocycles. The van der Waals surface area contributed by atoms with Crippen molar-refractivity contribution in [2.75, 3.05) is 26.7 Å². The Morgan fingerprint density at radius 1 is 1.19 bits per heavy atom. The number of aliphatic hydroxyl groups is 1. The molecule has 10 heteroatoms. The van der Waals surface area contributed by atoms with Crippen LogP contribution in [-0.2, 0) is 14.8 Å². The molecule has 2 aliphatic rings. The van der Waals surface area contributed by atoms with Crippen LogP contribution in [0.15, 0.2) is 41.8 Å². The van der Waals surface area contributed by atoms with E-state index in [2.05, 4.69) is 9.97 Å². The molecule has 0 bridgehead atoms. The molecule has 1 aliphatic carbocycles. The number of benzene rings is 1. The quantitative estimate of drug-likeness (QED) is 0.628. The van der Waals surface area contributed by atoms with Gasteiger partial charge < -0.3 is 14.7 Å². The molecular weight excluding hydrogens is 480 g/mol. The van der Waals surface area contributed by atoms with Crippen molar-refractivity contribution < 1.29 is 23.1 Å². The van der Waals surface area contributed by atoms with E-state index in [-0.39, 0.29) is 41.5 Å². The summed E-state index contributed by atoms with van der Waals surface area (Å²) in [5.41, 5.74) is 1.46. The van der Waals surface area contributed by atoms with Crippen molar-refractivity contribution in [3.05, 3.63) is 36.9 Å². The van der Waals surface area contributed by atoms with Gasteiger partial charge in [0.2, 0.25) is 15.9 Å². The van der Waals surface area contributed by atoms with E-state index in [4.69, 9.17) is 4.74 Å². The van der Waals surface area contributed by atoms with Crippen LogP contribution in [-0.4, -0.2) is 77.5 Å². The number of ether oxygens (including phenoxy) is 1. The number of hydrogen-bond donors (Lipinski definition) is 1. The predicted octanol–water partition coefficient (Wildman–Crippen LogP) is 2.95. The van der Waals surface area contributed by atoms with Crippen molar-refractivity contribution in [1.82, 2.24) is 19.2 Å². The van der Waals surface area contributed by atoms with Gasteiger partial charge in [-0.3, -0.25) is 4.79 Å². The van der Waals surface area contributed by atoms with E-state index in [0.717, 1.165) is 36.8 Å². The lowest BCUT2D eigenvalue weighted by atomic mass is 9.88. The van der Waals surface area contributed by atoms with Gasteiger partial charge in [-0.15, -0.1) is 0 Å². The van der Waals surface area contributed by atoms with Gasteiger partial charge >= 0.3 is 0 Å². The average Bonchev–Trinajstić information content (AvgIpc) is 2.90. The average molecular weight is 517 g/mol. The Bertz CT molecular complexity index is 1150. The molecular formula is C26H36N4O5S. The summed E-state index contributed by atoms with van der Waals surface area (Å²) in [6, 6.07) is 4.34. The summed E-state index contributed by atoms with van der Waals surface area (Å²) in [5, 5.41) is 9.83. The van der Waals surface area contributed by atoms with Gasteiger partial charge in [0.25, 0.3) is 0 Å². The monoisotopic (exact) mass is 516 g/mol. The van der Waals surface area contributed by atoms with Crippen LogP contribution in [0, 0.1) is 11.8 Å². The molecule has 196 valence electrons. The molecule has 4 rings (SSSR count). The van der Waals surface area contributed by atoms with Gasteiger partial charge in [0, 0.05) is 49.4 Å². The Kier molecular flexibility index (Phi) is 8.27. The molecule has 36 heavy (non-hydrogen) atoms. The van der Waals surface area contributed by atoms with E-state index in [1.54, 1.807) is 43.4 Å². The summed E-state index contributed by atoms with van der Waals surface area (Å²) >= 11 is 0. The number of nitrogens with zero attached hydrogens (tertiary/aromatic N) is 4. The summed E-state index contributed by atoms with van der Waals surface area (Å²) in [7, 11) is -2.13. The lowest BCUT2D eigenvalue weighted by Gasteiger charge is -2.38. The van der Waals surface area contributed by atoms with Crippen LogP contribution in [0.25, 0.3) is 11.1 Å². The van der Waals surface area contributed by atoms with Gasteiger partial charge in [-0.1, -0.05) is 32.3 Å². The highest BCUT2D eigenvalue weighted by Gasteiger charge is 2.39. The van der Waals surface area contributed by atoms with Crippen LogP contribution < -0.4 is 4.74 Å². The highest BCUT2D eigenvalue weighted by atomic mass is 32.2. The van der Waals surface area contributed by atoms with Crippen molar-refractivity contribution in [2.24, 2.45) is 11.8 Å². The Balaban J connectivity index is 1.70. The molecule has 0 spiro atoms. The first-order valence-corrected chi connectivity index (χ1v) is 14.1. The molecule has 0 unspecified atom stereocenters. The molecule has 2 aromatic rings. The minimum Gasteiger partial charge on any atom is -0.487 e. The van der Waals surface area contributed by atoms with E-state index >= 15 is 0 Å². The number of hydrogen-bond acceptors (Lipinski definition) is 7. The van der Waals surface area contributed by atoms with Crippen LogP contribution in [0.1, 0.15) is 46.0 Å². The lowest BCUT2D eigenvalue weighted by Crippen LogP contribution is -2.50. The zero-order chi connectivity index (χ0) is 25.9.